The largest absolute Gasteiger partial charge is 0.370 e. The fraction of sp³-hybridized carbons (Fsp3) is 0.273. The maximum absolute atomic E-state index is 4.61. The SMILES string of the molecule is Cc1cc(NCCCc2ccccc2)nc(Nc2cccc(C)c2C)n1. The van der Waals surface area contributed by atoms with Crippen LogP contribution < -0.4 is 10.6 Å². The summed E-state index contributed by atoms with van der Waals surface area (Å²) in [7, 11) is 0. The Bertz CT molecular complexity index is 859. The fourth-order valence-corrected chi connectivity index (χ4v) is 2.88. The number of anilines is 3. The summed E-state index contributed by atoms with van der Waals surface area (Å²) in [6, 6.07) is 18.7. The number of nitrogens with zero attached hydrogens (tertiary/aromatic N) is 2. The van der Waals surface area contributed by atoms with Gasteiger partial charge in [-0.25, -0.2) is 4.98 Å². The highest BCUT2D eigenvalue weighted by Gasteiger charge is 2.06. The zero-order chi connectivity index (χ0) is 18.4. The Hall–Kier alpha value is -2.88. The molecule has 1 heterocycles. The van der Waals surface area contributed by atoms with E-state index in [4.69, 9.17) is 0 Å². The van der Waals surface area contributed by atoms with Crippen LogP contribution in [0.1, 0.15) is 28.8 Å². The second-order valence-corrected chi connectivity index (χ2v) is 6.61. The third-order valence-corrected chi connectivity index (χ3v) is 4.50. The van der Waals surface area contributed by atoms with Gasteiger partial charge in [0.1, 0.15) is 5.82 Å². The van der Waals surface area contributed by atoms with Gasteiger partial charge in [0.15, 0.2) is 0 Å². The van der Waals surface area contributed by atoms with E-state index >= 15 is 0 Å². The first-order valence-electron chi connectivity index (χ1n) is 9.08. The Morgan fingerprint density at radius 1 is 0.885 bits per heavy atom. The lowest BCUT2D eigenvalue weighted by Gasteiger charge is -2.12. The monoisotopic (exact) mass is 346 g/mol. The van der Waals surface area contributed by atoms with E-state index in [9.17, 15) is 0 Å². The van der Waals surface area contributed by atoms with Crippen LogP contribution in [0.15, 0.2) is 54.6 Å². The molecule has 2 N–H and O–H groups in total. The second-order valence-electron chi connectivity index (χ2n) is 6.61. The minimum atomic E-state index is 0.629. The summed E-state index contributed by atoms with van der Waals surface area (Å²) in [6.45, 7) is 7.09. The molecule has 134 valence electrons. The molecule has 0 aliphatic carbocycles. The van der Waals surface area contributed by atoms with E-state index in [0.29, 0.717) is 5.95 Å². The van der Waals surface area contributed by atoms with Crippen LogP contribution in [-0.4, -0.2) is 16.5 Å². The van der Waals surface area contributed by atoms with Crippen molar-refractivity contribution in [1.82, 2.24) is 9.97 Å². The summed E-state index contributed by atoms with van der Waals surface area (Å²) in [5.74, 6) is 1.49. The van der Waals surface area contributed by atoms with Gasteiger partial charge in [-0.05, 0) is 56.4 Å². The topological polar surface area (TPSA) is 49.8 Å². The molecule has 0 amide bonds. The zero-order valence-corrected chi connectivity index (χ0v) is 15.7. The molecule has 3 rings (SSSR count). The van der Waals surface area contributed by atoms with Crippen molar-refractivity contribution in [2.75, 3.05) is 17.2 Å². The number of aromatic nitrogens is 2. The highest BCUT2D eigenvalue weighted by atomic mass is 15.1. The molecule has 2 aromatic carbocycles. The van der Waals surface area contributed by atoms with Crippen LogP contribution in [0.25, 0.3) is 0 Å². The minimum Gasteiger partial charge on any atom is -0.370 e. The van der Waals surface area contributed by atoms with Crippen molar-refractivity contribution in [1.29, 1.82) is 0 Å². The average molecular weight is 346 g/mol. The maximum atomic E-state index is 4.61. The molecule has 0 radical (unpaired) electrons. The van der Waals surface area contributed by atoms with Crippen LogP contribution in [0.2, 0.25) is 0 Å². The number of hydrogen-bond donors (Lipinski definition) is 2. The van der Waals surface area contributed by atoms with Crippen LogP contribution in [0.4, 0.5) is 17.5 Å². The average Bonchev–Trinajstić information content (AvgIpc) is 2.63. The van der Waals surface area contributed by atoms with E-state index in [2.05, 4.69) is 76.9 Å². The lowest BCUT2D eigenvalue weighted by atomic mass is 10.1. The van der Waals surface area contributed by atoms with Crippen molar-refractivity contribution in [3.8, 4) is 0 Å². The maximum Gasteiger partial charge on any atom is 0.229 e. The van der Waals surface area contributed by atoms with Crippen LogP contribution in [-0.2, 0) is 6.42 Å². The van der Waals surface area contributed by atoms with E-state index in [1.54, 1.807) is 0 Å². The molecule has 0 aliphatic rings. The molecular weight excluding hydrogens is 320 g/mol. The fourth-order valence-electron chi connectivity index (χ4n) is 2.88. The summed E-state index contributed by atoms with van der Waals surface area (Å²) >= 11 is 0. The Balaban J connectivity index is 1.61. The molecule has 0 fully saturated rings. The summed E-state index contributed by atoms with van der Waals surface area (Å²) < 4.78 is 0. The zero-order valence-electron chi connectivity index (χ0n) is 15.7. The molecule has 4 heteroatoms. The van der Waals surface area contributed by atoms with E-state index < -0.39 is 0 Å². The Labute approximate surface area is 155 Å². The van der Waals surface area contributed by atoms with E-state index in [1.165, 1.54) is 16.7 Å². The van der Waals surface area contributed by atoms with E-state index in [0.717, 1.165) is 36.6 Å². The smallest absolute Gasteiger partial charge is 0.229 e. The number of rotatable bonds is 7. The van der Waals surface area contributed by atoms with E-state index in [-0.39, 0.29) is 0 Å². The number of nitrogens with one attached hydrogen (secondary N) is 2. The summed E-state index contributed by atoms with van der Waals surface area (Å²) in [6.07, 6.45) is 2.12. The molecule has 3 aromatic rings. The van der Waals surface area contributed by atoms with Gasteiger partial charge in [0.2, 0.25) is 5.95 Å². The summed E-state index contributed by atoms with van der Waals surface area (Å²) in [5, 5.41) is 6.77. The molecular formula is C22H26N4. The highest BCUT2D eigenvalue weighted by molar-refractivity contribution is 5.61. The number of hydrogen-bond acceptors (Lipinski definition) is 4. The first kappa shape index (κ1) is 17.9. The van der Waals surface area contributed by atoms with Gasteiger partial charge in [-0.3, -0.25) is 0 Å². The third kappa shape index (κ3) is 4.82. The first-order chi connectivity index (χ1) is 12.6. The molecule has 0 unspecified atom stereocenters. The third-order valence-electron chi connectivity index (χ3n) is 4.50. The molecule has 26 heavy (non-hydrogen) atoms. The van der Waals surface area contributed by atoms with Crippen molar-refractivity contribution < 1.29 is 0 Å². The number of benzene rings is 2. The second kappa shape index (κ2) is 8.48. The van der Waals surface area contributed by atoms with Gasteiger partial charge in [-0.15, -0.1) is 0 Å². The molecule has 0 saturated carbocycles. The molecule has 4 nitrogen and oxygen atoms in total. The Morgan fingerprint density at radius 2 is 1.69 bits per heavy atom. The highest BCUT2D eigenvalue weighted by Crippen LogP contribution is 2.22. The normalized spacial score (nSPS) is 10.6. The van der Waals surface area contributed by atoms with Crippen LogP contribution in [0.3, 0.4) is 0 Å². The van der Waals surface area contributed by atoms with Gasteiger partial charge >= 0.3 is 0 Å². The van der Waals surface area contributed by atoms with Crippen molar-refractivity contribution in [2.45, 2.75) is 33.6 Å². The minimum absolute atomic E-state index is 0.629. The predicted octanol–water partition coefficient (Wildman–Crippen LogP) is 5.19. The van der Waals surface area contributed by atoms with Gasteiger partial charge in [-0.1, -0.05) is 42.5 Å². The Morgan fingerprint density at radius 3 is 2.50 bits per heavy atom. The molecule has 0 bridgehead atoms. The van der Waals surface area contributed by atoms with Gasteiger partial charge in [0, 0.05) is 24.0 Å². The van der Waals surface area contributed by atoms with Crippen molar-refractivity contribution in [2.24, 2.45) is 0 Å². The molecule has 1 aromatic heterocycles. The van der Waals surface area contributed by atoms with Crippen LogP contribution in [0.5, 0.6) is 0 Å². The van der Waals surface area contributed by atoms with Crippen molar-refractivity contribution in [3.63, 3.8) is 0 Å². The molecule has 0 saturated heterocycles. The van der Waals surface area contributed by atoms with Gasteiger partial charge in [0.25, 0.3) is 0 Å². The Kier molecular flexibility index (Phi) is 5.84. The van der Waals surface area contributed by atoms with E-state index in [1.807, 2.05) is 19.1 Å². The molecule has 0 spiro atoms. The van der Waals surface area contributed by atoms with Gasteiger partial charge in [0.05, 0.1) is 0 Å². The number of aryl methyl sites for hydroxylation is 3. The van der Waals surface area contributed by atoms with Crippen LogP contribution in [0, 0.1) is 20.8 Å². The molecule has 0 aliphatic heterocycles. The van der Waals surface area contributed by atoms with Crippen molar-refractivity contribution in [3.05, 3.63) is 77.0 Å². The predicted molar refractivity (Wildman–Crippen MR) is 109 cm³/mol. The standard InChI is InChI=1S/C22H26N4/c1-16-9-7-13-20(18(16)3)25-22-24-17(2)15-21(26-22)23-14-8-12-19-10-5-4-6-11-19/h4-7,9-11,13,15H,8,12,14H2,1-3H3,(H2,23,24,25,26). The molecule has 0 atom stereocenters. The van der Waals surface area contributed by atoms with Gasteiger partial charge < -0.3 is 10.6 Å². The lowest BCUT2D eigenvalue weighted by Crippen LogP contribution is -2.08. The quantitative estimate of drug-likeness (QED) is 0.578. The van der Waals surface area contributed by atoms with Gasteiger partial charge in [-0.2, -0.15) is 4.98 Å². The van der Waals surface area contributed by atoms with Crippen molar-refractivity contribution >= 4 is 17.5 Å². The summed E-state index contributed by atoms with van der Waals surface area (Å²) in [5.41, 5.74) is 5.83. The lowest BCUT2D eigenvalue weighted by molar-refractivity contribution is 0.857. The summed E-state index contributed by atoms with van der Waals surface area (Å²) in [4.78, 5) is 9.12. The first-order valence-corrected chi connectivity index (χ1v) is 9.08. The van der Waals surface area contributed by atoms with Crippen LogP contribution >= 0.6 is 0 Å².